The lowest BCUT2D eigenvalue weighted by Crippen LogP contribution is -2.02. The molecule has 2 nitrogen and oxygen atoms in total. The van der Waals surface area contributed by atoms with E-state index in [1.54, 1.807) is 0 Å². The predicted molar refractivity (Wildman–Crippen MR) is 78.1 cm³/mol. The molecule has 106 valence electrons. The number of unbranched alkanes of at least 4 members (excludes halogenated alkanes) is 2. The molecule has 18 heavy (non-hydrogen) atoms. The molecule has 0 amide bonds. The standard InChI is InChI=1S/C10H16O2.C5H11Cl/c1-6(2)5-7-8(9(11)12)10(7,3)4;1-2-3-4-5-6/h5,7-8H,1-4H3,(H,11,12);2-5H2,1H3. The van der Waals surface area contributed by atoms with Gasteiger partial charge in [0.1, 0.15) is 0 Å². The van der Waals surface area contributed by atoms with Crippen molar-refractivity contribution >= 4 is 17.6 Å². The molecule has 1 aliphatic rings. The summed E-state index contributed by atoms with van der Waals surface area (Å²) in [7, 11) is 0. The second kappa shape index (κ2) is 7.83. The summed E-state index contributed by atoms with van der Waals surface area (Å²) in [5.74, 6) is 0.225. The van der Waals surface area contributed by atoms with Crippen molar-refractivity contribution in [2.24, 2.45) is 17.3 Å². The molecule has 0 aromatic heterocycles. The van der Waals surface area contributed by atoms with Crippen molar-refractivity contribution in [2.75, 3.05) is 5.88 Å². The van der Waals surface area contributed by atoms with Gasteiger partial charge in [-0.05, 0) is 31.6 Å². The number of carbonyl (C=O) groups is 1. The summed E-state index contributed by atoms with van der Waals surface area (Å²) in [6, 6.07) is 0. The molecule has 3 heteroatoms. The smallest absolute Gasteiger partial charge is 0.307 e. The molecule has 1 saturated carbocycles. The van der Waals surface area contributed by atoms with Crippen LogP contribution in [0.2, 0.25) is 0 Å². The van der Waals surface area contributed by atoms with E-state index in [2.05, 4.69) is 13.0 Å². The van der Waals surface area contributed by atoms with Gasteiger partial charge in [-0.3, -0.25) is 4.79 Å². The molecule has 0 radical (unpaired) electrons. The molecule has 1 aliphatic carbocycles. The average Bonchev–Trinajstić information content (AvgIpc) is 2.77. The minimum atomic E-state index is -0.664. The van der Waals surface area contributed by atoms with E-state index in [1.165, 1.54) is 24.8 Å². The Kier molecular flexibility index (Phi) is 7.61. The number of carboxylic acid groups (broad SMARTS) is 1. The van der Waals surface area contributed by atoms with E-state index in [0.717, 1.165) is 5.88 Å². The lowest BCUT2D eigenvalue weighted by atomic mass is 10.1. The van der Waals surface area contributed by atoms with Gasteiger partial charge >= 0.3 is 5.97 Å². The lowest BCUT2D eigenvalue weighted by Gasteiger charge is -1.96. The summed E-state index contributed by atoms with van der Waals surface area (Å²) in [5.41, 5.74) is 1.17. The van der Waals surface area contributed by atoms with Gasteiger partial charge in [0.15, 0.2) is 0 Å². The molecular weight excluding hydrogens is 248 g/mol. The van der Waals surface area contributed by atoms with Gasteiger partial charge in [0.25, 0.3) is 0 Å². The van der Waals surface area contributed by atoms with Crippen LogP contribution in [0.1, 0.15) is 53.9 Å². The quantitative estimate of drug-likeness (QED) is 0.447. The zero-order chi connectivity index (χ0) is 14.3. The maximum Gasteiger partial charge on any atom is 0.307 e. The Balaban J connectivity index is 0.000000411. The molecule has 0 aromatic rings. The first kappa shape index (κ1) is 17.5. The maximum atomic E-state index is 10.7. The molecule has 0 aliphatic heterocycles. The summed E-state index contributed by atoms with van der Waals surface area (Å²) >= 11 is 5.38. The normalized spacial score (nSPS) is 23.7. The van der Waals surface area contributed by atoms with Crippen molar-refractivity contribution in [3.63, 3.8) is 0 Å². The van der Waals surface area contributed by atoms with Crippen LogP contribution in [-0.2, 0) is 4.79 Å². The number of alkyl halides is 1. The molecule has 0 heterocycles. The van der Waals surface area contributed by atoms with Crippen molar-refractivity contribution in [2.45, 2.75) is 53.9 Å². The Morgan fingerprint density at radius 2 is 1.89 bits per heavy atom. The highest BCUT2D eigenvalue weighted by Gasteiger charge is 2.60. The summed E-state index contributed by atoms with van der Waals surface area (Å²) in [5, 5.41) is 8.84. The third-order valence-corrected chi connectivity index (χ3v) is 3.69. The number of allylic oxidation sites excluding steroid dienone is 2. The first-order chi connectivity index (χ1) is 8.28. The largest absolute Gasteiger partial charge is 0.481 e. The molecule has 0 saturated heterocycles. The van der Waals surface area contributed by atoms with Crippen LogP contribution in [0.4, 0.5) is 0 Å². The average molecular weight is 275 g/mol. The van der Waals surface area contributed by atoms with Crippen LogP contribution in [0, 0.1) is 17.3 Å². The summed E-state index contributed by atoms with van der Waals surface area (Å²) in [6.07, 6.45) is 5.80. The van der Waals surface area contributed by atoms with Gasteiger partial charge in [-0.2, -0.15) is 0 Å². The Bertz CT molecular complexity index is 287. The fraction of sp³-hybridized carbons (Fsp3) is 0.800. The zero-order valence-corrected chi connectivity index (χ0v) is 13.0. The van der Waals surface area contributed by atoms with Crippen molar-refractivity contribution in [1.29, 1.82) is 0 Å². The van der Waals surface area contributed by atoms with Crippen LogP contribution in [-0.4, -0.2) is 17.0 Å². The molecule has 1 fully saturated rings. The van der Waals surface area contributed by atoms with Crippen molar-refractivity contribution in [3.8, 4) is 0 Å². The van der Waals surface area contributed by atoms with Crippen LogP contribution in [0.5, 0.6) is 0 Å². The first-order valence-electron chi connectivity index (χ1n) is 6.72. The van der Waals surface area contributed by atoms with Gasteiger partial charge in [0, 0.05) is 5.88 Å². The number of rotatable bonds is 5. The van der Waals surface area contributed by atoms with E-state index in [1.807, 2.05) is 27.7 Å². The molecule has 2 atom stereocenters. The first-order valence-corrected chi connectivity index (χ1v) is 7.26. The number of carboxylic acids is 1. The number of hydrogen-bond acceptors (Lipinski definition) is 1. The monoisotopic (exact) mass is 274 g/mol. The Morgan fingerprint density at radius 3 is 2.11 bits per heavy atom. The molecule has 2 unspecified atom stereocenters. The van der Waals surface area contributed by atoms with Crippen LogP contribution in [0.3, 0.4) is 0 Å². The van der Waals surface area contributed by atoms with E-state index in [-0.39, 0.29) is 17.3 Å². The summed E-state index contributed by atoms with van der Waals surface area (Å²) in [6.45, 7) is 10.2. The molecule has 1 N–H and O–H groups in total. The Labute approximate surface area is 116 Å². The topological polar surface area (TPSA) is 37.3 Å². The minimum Gasteiger partial charge on any atom is -0.481 e. The fourth-order valence-electron chi connectivity index (χ4n) is 2.16. The maximum absolute atomic E-state index is 10.7. The highest BCUT2D eigenvalue weighted by molar-refractivity contribution is 6.17. The molecule has 0 bridgehead atoms. The molecular formula is C15H27ClO2. The second-order valence-electron chi connectivity index (χ2n) is 5.80. The third-order valence-electron chi connectivity index (χ3n) is 3.43. The highest BCUT2D eigenvalue weighted by Crippen LogP contribution is 2.59. The van der Waals surface area contributed by atoms with Crippen molar-refractivity contribution in [3.05, 3.63) is 11.6 Å². The van der Waals surface area contributed by atoms with Crippen molar-refractivity contribution in [1.82, 2.24) is 0 Å². The van der Waals surface area contributed by atoms with Gasteiger partial charge in [-0.15, -0.1) is 11.6 Å². The predicted octanol–water partition coefficient (Wildman–Crippen LogP) is 4.72. The van der Waals surface area contributed by atoms with Gasteiger partial charge in [-0.25, -0.2) is 0 Å². The molecule has 0 spiro atoms. The van der Waals surface area contributed by atoms with Gasteiger partial charge in [0.05, 0.1) is 5.92 Å². The molecule has 0 aromatic carbocycles. The van der Waals surface area contributed by atoms with E-state index >= 15 is 0 Å². The van der Waals surface area contributed by atoms with E-state index in [0.29, 0.717) is 0 Å². The summed E-state index contributed by atoms with van der Waals surface area (Å²) < 4.78 is 0. The van der Waals surface area contributed by atoms with E-state index < -0.39 is 5.97 Å². The second-order valence-corrected chi connectivity index (χ2v) is 6.18. The number of halogens is 1. The van der Waals surface area contributed by atoms with Crippen LogP contribution >= 0.6 is 11.6 Å². The highest BCUT2D eigenvalue weighted by atomic mass is 35.5. The van der Waals surface area contributed by atoms with E-state index in [4.69, 9.17) is 16.7 Å². The van der Waals surface area contributed by atoms with Crippen LogP contribution in [0.25, 0.3) is 0 Å². The minimum absolute atomic E-state index is 0.0386. The number of hydrogen-bond donors (Lipinski definition) is 1. The van der Waals surface area contributed by atoms with Crippen LogP contribution in [0.15, 0.2) is 11.6 Å². The van der Waals surface area contributed by atoms with E-state index in [9.17, 15) is 4.79 Å². The fourth-order valence-corrected chi connectivity index (χ4v) is 2.35. The van der Waals surface area contributed by atoms with Crippen molar-refractivity contribution < 1.29 is 9.90 Å². The molecule has 1 rings (SSSR count). The number of aliphatic carboxylic acids is 1. The summed E-state index contributed by atoms with van der Waals surface area (Å²) in [4.78, 5) is 10.7. The van der Waals surface area contributed by atoms with Gasteiger partial charge in [0.2, 0.25) is 0 Å². The van der Waals surface area contributed by atoms with Gasteiger partial charge < -0.3 is 5.11 Å². The SMILES string of the molecule is CC(C)=CC1C(C(=O)O)C1(C)C.CCCCCCl. The third kappa shape index (κ3) is 5.43. The zero-order valence-electron chi connectivity index (χ0n) is 12.3. The van der Waals surface area contributed by atoms with Crippen LogP contribution < -0.4 is 0 Å². The Morgan fingerprint density at radius 1 is 1.33 bits per heavy atom. The Hall–Kier alpha value is -0.500. The lowest BCUT2D eigenvalue weighted by molar-refractivity contribution is -0.139. The van der Waals surface area contributed by atoms with Gasteiger partial charge in [-0.1, -0.05) is 45.3 Å².